The van der Waals surface area contributed by atoms with Gasteiger partial charge in [-0.2, -0.15) is 0 Å². The lowest BCUT2D eigenvalue weighted by atomic mass is 10.0. The molecule has 0 spiro atoms. The van der Waals surface area contributed by atoms with Crippen LogP contribution >= 0.6 is 11.8 Å². The SMILES string of the molecule is CC(C)c1ccc(/C=C(/NC(=O)c2ccccc2)C(=O)Nc2cccc(SC(C(=O)Nc3ccc(O)c(C(=O)O)c3)c3ccccc3)c2)cc1. The van der Waals surface area contributed by atoms with E-state index in [4.69, 9.17) is 0 Å². The molecule has 9 nitrogen and oxygen atoms in total. The molecule has 1 atom stereocenters. The summed E-state index contributed by atoms with van der Waals surface area (Å²) in [6.07, 6.45) is 1.62. The first-order valence-corrected chi connectivity index (χ1v) is 16.6. The lowest BCUT2D eigenvalue weighted by Crippen LogP contribution is -2.30. The molecule has 0 saturated heterocycles. The van der Waals surface area contributed by atoms with E-state index in [0.717, 1.165) is 11.1 Å². The van der Waals surface area contributed by atoms with Crippen LogP contribution in [-0.2, 0) is 9.59 Å². The van der Waals surface area contributed by atoms with Gasteiger partial charge in [0.2, 0.25) is 5.91 Å². The number of carbonyl (C=O) groups excluding carboxylic acids is 3. The minimum absolute atomic E-state index is 0.0466. The monoisotopic (exact) mass is 685 g/mol. The Morgan fingerprint density at radius 3 is 2.02 bits per heavy atom. The van der Waals surface area contributed by atoms with Gasteiger partial charge in [0.05, 0.1) is 0 Å². The Morgan fingerprint density at radius 2 is 1.36 bits per heavy atom. The van der Waals surface area contributed by atoms with Crippen molar-refractivity contribution in [1.82, 2.24) is 5.32 Å². The summed E-state index contributed by atoms with van der Waals surface area (Å²) in [4.78, 5) is 52.6. The maximum atomic E-state index is 13.7. The molecule has 0 aliphatic carbocycles. The fourth-order valence-electron chi connectivity index (χ4n) is 4.96. The Morgan fingerprint density at radius 1 is 0.700 bits per heavy atom. The van der Waals surface area contributed by atoms with Crippen molar-refractivity contribution in [2.45, 2.75) is 29.9 Å². The van der Waals surface area contributed by atoms with Crippen LogP contribution in [0.25, 0.3) is 6.08 Å². The topological polar surface area (TPSA) is 145 Å². The maximum absolute atomic E-state index is 13.7. The molecule has 0 radical (unpaired) electrons. The third kappa shape index (κ3) is 9.27. The van der Waals surface area contributed by atoms with Crippen LogP contribution in [0.4, 0.5) is 11.4 Å². The Hall–Kier alpha value is -6.13. The molecule has 5 N–H and O–H groups in total. The first-order chi connectivity index (χ1) is 24.1. The van der Waals surface area contributed by atoms with Crippen molar-refractivity contribution in [2.24, 2.45) is 0 Å². The maximum Gasteiger partial charge on any atom is 0.339 e. The summed E-state index contributed by atoms with van der Waals surface area (Å²) in [6.45, 7) is 4.19. The Bertz CT molecular complexity index is 2030. The van der Waals surface area contributed by atoms with Crippen molar-refractivity contribution >= 4 is 52.9 Å². The second kappa shape index (κ2) is 16.3. The van der Waals surface area contributed by atoms with Crippen molar-refractivity contribution in [1.29, 1.82) is 0 Å². The number of thioether (sulfide) groups is 1. The zero-order chi connectivity index (χ0) is 35.6. The van der Waals surface area contributed by atoms with E-state index >= 15 is 0 Å². The molecule has 50 heavy (non-hydrogen) atoms. The number of aromatic hydroxyl groups is 1. The molecular formula is C40H35N3O6S. The molecule has 0 aromatic heterocycles. The van der Waals surface area contributed by atoms with E-state index in [1.165, 1.54) is 30.0 Å². The van der Waals surface area contributed by atoms with Gasteiger partial charge in [0.1, 0.15) is 22.3 Å². The third-order valence-corrected chi connectivity index (χ3v) is 8.87. The van der Waals surface area contributed by atoms with Crippen LogP contribution in [0, 0.1) is 0 Å². The largest absolute Gasteiger partial charge is 0.507 e. The molecule has 0 aliphatic heterocycles. The van der Waals surface area contributed by atoms with Crippen LogP contribution in [0.5, 0.6) is 5.75 Å². The number of carbonyl (C=O) groups is 4. The van der Waals surface area contributed by atoms with Crippen molar-refractivity contribution < 1.29 is 29.4 Å². The number of aromatic carboxylic acids is 1. The molecule has 0 heterocycles. The Labute approximate surface area is 294 Å². The van der Waals surface area contributed by atoms with Gasteiger partial charge < -0.3 is 26.2 Å². The summed E-state index contributed by atoms with van der Waals surface area (Å²) in [5, 5.41) is 26.9. The number of benzene rings is 5. The van der Waals surface area contributed by atoms with Crippen LogP contribution in [0.3, 0.4) is 0 Å². The number of rotatable bonds is 12. The molecule has 0 fully saturated rings. The fourth-order valence-corrected chi connectivity index (χ4v) is 6.05. The normalized spacial score (nSPS) is 11.8. The molecule has 10 heteroatoms. The van der Waals surface area contributed by atoms with Crippen molar-refractivity contribution in [3.05, 3.63) is 161 Å². The van der Waals surface area contributed by atoms with Gasteiger partial charge in [-0.15, -0.1) is 11.8 Å². The lowest BCUT2D eigenvalue weighted by Gasteiger charge is -2.18. The highest BCUT2D eigenvalue weighted by molar-refractivity contribution is 8.00. The van der Waals surface area contributed by atoms with Crippen molar-refractivity contribution in [3.8, 4) is 5.75 Å². The van der Waals surface area contributed by atoms with Gasteiger partial charge in [0.15, 0.2) is 0 Å². The number of hydrogen-bond donors (Lipinski definition) is 5. The quantitative estimate of drug-likeness (QED) is 0.0507. The van der Waals surface area contributed by atoms with Crippen molar-refractivity contribution in [3.63, 3.8) is 0 Å². The minimum Gasteiger partial charge on any atom is -0.507 e. The van der Waals surface area contributed by atoms with Gasteiger partial charge in [-0.1, -0.05) is 92.7 Å². The molecular weight excluding hydrogens is 651 g/mol. The van der Waals surface area contributed by atoms with Crippen LogP contribution < -0.4 is 16.0 Å². The van der Waals surface area contributed by atoms with E-state index in [1.807, 2.05) is 54.6 Å². The highest BCUT2D eigenvalue weighted by atomic mass is 32.2. The Kier molecular flexibility index (Phi) is 11.5. The summed E-state index contributed by atoms with van der Waals surface area (Å²) < 4.78 is 0. The molecule has 3 amide bonds. The zero-order valence-corrected chi connectivity index (χ0v) is 28.1. The van der Waals surface area contributed by atoms with E-state index in [9.17, 15) is 29.4 Å². The van der Waals surface area contributed by atoms with Gasteiger partial charge in [0, 0.05) is 21.8 Å². The number of hydrogen-bond acceptors (Lipinski definition) is 6. The summed E-state index contributed by atoms with van der Waals surface area (Å²) in [5.74, 6) is -2.80. The van der Waals surface area contributed by atoms with E-state index < -0.39 is 34.7 Å². The smallest absolute Gasteiger partial charge is 0.339 e. The zero-order valence-electron chi connectivity index (χ0n) is 27.3. The van der Waals surface area contributed by atoms with Gasteiger partial charge in [-0.05, 0) is 77.2 Å². The highest BCUT2D eigenvalue weighted by Crippen LogP contribution is 2.37. The first-order valence-electron chi connectivity index (χ1n) is 15.8. The molecule has 5 rings (SSSR count). The van der Waals surface area contributed by atoms with Gasteiger partial charge in [-0.25, -0.2) is 4.79 Å². The first kappa shape index (κ1) is 35.2. The fraction of sp³-hybridized carbons (Fsp3) is 0.100. The molecule has 0 saturated carbocycles. The lowest BCUT2D eigenvalue weighted by molar-refractivity contribution is -0.116. The molecule has 0 bridgehead atoms. The number of nitrogens with one attached hydrogen (secondary N) is 3. The molecule has 1 unspecified atom stereocenters. The van der Waals surface area contributed by atoms with Crippen LogP contribution in [-0.4, -0.2) is 33.9 Å². The van der Waals surface area contributed by atoms with E-state index in [0.29, 0.717) is 27.6 Å². The third-order valence-electron chi connectivity index (χ3n) is 7.62. The summed E-state index contributed by atoms with van der Waals surface area (Å²) in [5.41, 5.74) is 3.33. The van der Waals surface area contributed by atoms with Crippen LogP contribution in [0.15, 0.2) is 138 Å². The van der Waals surface area contributed by atoms with E-state index in [1.54, 1.807) is 60.7 Å². The second-order valence-electron chi connectivity index (χ2n) is 11.6. The summed E-state index contributed by atoms with van der Waals surface area (Å²) in [7, 11) is 0. The summed E-state index contributed by atoms with van der Waals surface area (Å²) in [6, 6.07) is 36.2. The second-order valence-corrected chi connectivity index (χ2v) is 12.8. The van der Waals surface area contributed by atoms with Crippen LogP contribution in [0.1, 0.15) is 62.4 Å². The average Bonchev–Trinajstić information content (AvgIpc) is 3.12. The molecule has 0 aliphatic rings. The molecule has 5 aromatic rings. The number of phenols is 1. The van der Waals surface area contributed by atoms with E-state index in [2.05, 4.69) is 29.8 Å². The highest BCUT2D eigenvalue weighted by Gasteiger charge is 2.24. The Balaban J connectivity index is 1.38. The standard InChI is InChI=1S/C40H35N3O6S/c1-25(2)27-18-16-26(17-19-27)22-34(43-37(45)29-12-7-4-8-13-29)38(46)41-30-14-9-15-32(23-30)50-36(28-10-5-3-6-11-28)39(47)42-31-20-21-35(44)33(24-31)40(48)49/h3-25,36,44H,1-2H3,(H,41,46)(H,42,47)(H,43,45)(H,48,49)/b34-22+. The number of anilines is 2. The summed E-state index contributed by atoms with van der Waals surface area (Å²) >= 11 is 1.23. The molecule has 252 valence electrons. The predicted molar refractivity (Wildman–Crippen MR) is 196 cm³/mol. The molecule has 5 aromatic carbocycles. The number of amides is 3. The predicted octanol–water partition coefficient (Wildman–Crippen LogP) is 8.10. The minimum atomic E-state index is -1.33. The number of carboxylic acids is 1. The van der Waals surface area contributed by atoms with Gasteiger partial charge in [-0.3, -0.25) is 14.4 Å². The van der Waals surface area contributed by atoms with Gasteiger partial charge in [0.25, 0.3) is 11.8 Å². The van der Waals surface area contributed by atoms with E-state index in [-0.39, 0.29) is 16.9 Å². The number of carboxylic acid groups (broad SMARTS) is 1. The van der Waals surface area contributed by atoms with Crippen molar-refractivity contribution in [2.75, 3.05) is 10.6 Å². The van der Waals surface area contributed by atoms with Gasteiger partial charge >= 0.3 is 5.97 Å². The van der Waals surface area contributed by atoms with Crippen LogP contribution in [0.2, 0.25) is 0 Å². The average molecular weight is 686 g/mol.